The lowest BCUT2D eigenvalue weighted by Gasteiger charge is -2.28. The minimum atomic E-state index is -0.674. The van der Waals surface area contributed by atoms with Crippen molar-refractivity contribution in [2.45, 2.75) is 13.8 Å². The first-order valence-corrected chi connectivity index (χ1v) is 9.35. The van der Waals surface area contributed by atoms with E-state index in [1.54, 1.807) is 0 Å². The van der Waals surface area contributed by atoms with Crippen molar-refractivity contribution < 1.29 is 24.0 Å². The molecule has 0 radical (unpaired) electrons. The van der Waals surface area contributed by atoms with E-state index < -0.39 is 29.2 Å². The summed E-state index contributed by atoms with van der Waals surface area (Å²) >= 11 is 0. The number of anilines is 2. The molecule has 3 N–H and O–H groups in total. The molecule has 2 aromatic carbocycles. The molecular formula is C20H21N5O6. The molecule has 0 fully saturated rings. The fourth-order valence-electron chi connectivity index (χ4n) is 3.03. The molecule has 162 valence electrons. The van der Waals surface area contributed by atoms with Gasteiger partial charge in [-0.25, -0.2) is 0 Å². The summed E-state index contributed by atoms with van der Waals surface area (Å²) in [5, 5.41) is 14.0. The molecule has 3 rings (SSSR count). The van der Waals surface area contributed by atoms with Crippen LogP contribution < -0.4 is 25.8 Å². The van der Waals surface area contributed by atoms with Crippen LogP contribution in [-0.4, -0.2) is 42.3 Å². The second kappa shape index (κ2) is 9.11. The van der Waals surface area contributed by atoms with Crippen molar-refractivity contribution in [1.82, 2.24) is 10.9 Å². The number of hydrazine groups is 1. The molecule has 2 aromatic rings. The van der Waals surface area contributed by atoms with E-state index in [-0.39, 0.29) is 30.3 Å². The Hall–Kier alpha value is -4.15. The normalized spacial score (nSPS) is 12.5. The minimum absolute atomic E-state index is 0.0737. The van der Waals surface area contributed by atoms with E-state index in [0.717, 1.165) is 27.8 Å². The number of nitrogens with zero attached hydrogens (tertiary/aromatic N) is 2. The molecule has 11 heteroatoms. The highest BCUT2D eigenvalue weighted by Gasteiger charge is 2.29. The maximum Gasteiger partial charge on any atom is 0.271 e. The summed E-state index contributed by atoms with van der Waals surface area (Å²) in [4.78, 5) is 47.9. The van der Waals surface area contributed by atoms with E-state index in [9.17, 15) is 24.5 Å². The van der Waals surface area contributed by atoms with Gasteiger partial charge < -0.3 is 10.1 Å². The summed E-state index contributed by atoms with van der Waals surface area (Å²) in [6.45, 7) is 3.06. The van der Waals surface area contributed by atoms with Crippen LogP contribution in [0.1, 0.15) is 11.1 Å². The van der Waals surface area contributed by atoms with Gasteiger partial charge in [-0.3, -0.25) is 40.2 Å². The highest BCUT2D eigenvalue weighted by atomic mass is 16.6. The maximum absolute atomic E-state index is 12.2. The zero-order valence-corrected chi connectivity index (χ0v) is 16.9. The Balaban J connectivity index is 1.56. The van der Waals surface area contributed by atoms with E-state index in [4.69, 9.17) is 4.74 Å². The first kappa shape index (κ1) is 21.6. The predicted octanol–water partition coefficient (Wildman–Crippen LogP) is 1.20. The van der Waals surface area contributed by atoms with E-state index >= 15 is 0 Å². The second-order valence-corrected chi connectivity index (χ2v) is 6.95. The van der Waals surface area contributed by atoms with Crippen molar-refractivity contribution >= 4 is 34.8 Å². The van der Waals surface area contributed by atoms with Gasteiger partial charge in [-0.15, -0.1) is 0 Å². The number of non-ortho nitro benzene ring substituents is 1. The molecule has 0 saturated carbocycles. The zero-order chi connectivity index (χ0) is 22.5. The van der Waals surface area contributed by atoms with Crippen molar-refractivity contribution in [1.29, 1.82) is 0 Å². The lowest BCUT2D eigenvalue weighted by Crippen LogP contribution is -2.50. The molecule has 0 saturated heterocycles. The molecule has 0 atom stereocenters. The van der Waals surface area contributed by atoms with Gasteiger partial charge in [0.1, 0.15) is 12.3 Å². The first-order chi connectivity index (χ1) is 14.7. The molecule has 1 aliphatic rings. The Morgan fingerprint density at radius 2 is 1.87 bits per heavy atom. The smallest absolute Gasteiger partial charge is 0.271 e. The number of nitro groups is 1. The molecule has 0 aromatic heterocycles. The summed E-state index contributed by atoms with van der Waals surface area (Å²) in [6.07, 6.45) is 0. The molecule has 0 aliphatic carbocycles. The number of benzene rings is 2. The number of rotatable bonds is 6. The molecule has 3 amide bonds. The minimum Gasteiger partial charge on any atom is -0.482 e. The van der Waals surface area contributed by atoms with Crippen LogP contribution in [0.5, 0.6) is 5.75 Å². The molecule has 11 nitrogen and oxygen atoms in total. The van der Waals surface area contributed by atoms with Gasteiger partial charge in [0.2, 0.25) is 0 Å². The van der Waals surface area contributed by atoms with E-state index in [0.29, 0.717) is 0 Å². The van der Waals surface area contributed by atoms with Crippen LogP contribution in [0, 0.1) is 24.0 Å². The van der Waals surface area contributed by atoms with Crippen molar-refractivity contribution in [3.05, 3.63) is 57.6 Å². The average Bonchev–Trinajstić information content (AvgIpc) is 2.73. The Morgan fingerprint density at radius 3 is 2.58 bits per heavy atom. The number of amides is 3. The molecule has 0 bridgehead atoms. The Kier molecular flexibility index (Phi) is 6.34. The van der Waals surface area contributed by atoms with E-state index in [1.807, 2.05) is 32.0 Å². The lowest BCUT2D eigenvalue weighted by atomic mass is 10.1. The van der Waals surface area contributed by atoms with Gasteiger partial charge in [0.25, 0.3) is 23.4 Å². The monoisotopic (exact) mass is 427 g/mol. The number of carbonyl (C=O) groups excluding carboxylic acids is 3. The molecule has 0 unspecified atom stereocenters. The number of aryl methyl sites for hydroxylation is 2. The van der Waals surface area contributed by atoms with Gasteiger partial charge in [0, 0.05) is 17.8 Å². The summed E-state index contributed by atoms with van der Waals surface area (Å²) < 4.78 is 5.25. The summed E-state index contributed by atoms with van der Waals surface area (Å²) in [7, 11) is 0. The van der Waals surface area contributed by atoms with Crippen LogP contribution in [0.3, 0.4) is 0 Å². The molecule has 0 spiro atoms. The third kappa shape index (κ3) is 5.26. The number of ether oxygens (including phenoxy) is 1. The van der Waals surface area contributed by atoms with Crippen molar-refractivity contribution in [2.24, 2.45) is 0 Å². The highest BCUT2D eigenvalue weighted by molar-refractivity contribution is 6.02. The van der Waals surface area contributed by atoms with Gasteiger partial charge in [0.15, 0.2) is 6.61 Å². The van der Waals surface area contributed by atoms with Crippen LogP contribution >= 0.6 is 0 Å². The number of carbonyl (C=O) groups is 3. The number of hydrogen-bond donors (Lipinski definition) is 3. The molecular weight excluding hydrogens is 406 g/mol. The van der Waals surface area contributed by atoms with Gasteiger partial charge >= 0.3 is 0 Å². The van der Waals surface area contributed by atoms with Gasteiger partial charge in [-0.2, -0.15) is 0 Å². The zero-order valence-electron chi connectivity index (χ0n) is 16.9. The topological polar surface area (TPSA) is 143 Å². The number of nitrogens with one attached hydrogen (secondary N) is 3. The van der Waals surface area contributed by atoms with E-state index in [2.05, 4.69) is 16.2 Å². The van der Waals surface area contributed by atoms with Crippen LogP contribution in [-0.2, 0) is 14.4 Å². The Bertz CT molecular complexity index is 1050. The highest BCUT2D eigenvalue weighted by Crippen LogP contribution is 2.35. The largest absolute Gasteiger partial charge is 0.482 e. The fraction of sp³-hybridized carbons (Fsp3) is 0.250. The van der Waals surface area contributed by atoms with Gasteiger partial charge in [-0.1, -0.05) is 17.7 Å². The van der Waals surface area contributed by atoms with Gasteiger partial charge in [-0.05, 0) is 31.5 Å². The quantitative estimate of drug-likeness (QED) is 0.464. The Morgan fingerprint density at radius 1 is 1.13 bits per heavy atom. The fourth-order valence-corrected chi connectivity index (χ4v) is 3.03. The summed E-state index contributed by atoms with van der Waals surface area (Å²) in [5.41, 5.74) is 7.25. The van der Waals surface area contributed by atoms with Crippen LogP contribution in [0.2, 0.25) is 0 Å². The first-order valence-electron chi connectivity index (χ1n) is 9.35. The van der Waals surface area contributed by atoms with Crippen LogP contribution in [0.25, 0.3) is 0 Å². The van der Waals surface area contributed by atoms with Crippen LogP contribution in [0.15, 0.2) is 36.4 Å². The van der Waals surface area contributed by atoms with E-state index in [1.165, 1.54) is 12.1 Å². The number of fused-ring (bicyclic) bond motifs is 1. The molecule has 1 heterocycles. The number of hydrogen-bond acceptors (Lipinski definition) is 7. The maximum atomic E-state index is 12.2. The number of nitro benzene ring substituents is 1. The van der Waals surface area contributed by atoms with Crippen molar-refractivity contribution in [3.63, 3.8) is 0 Å². The Labute approximate surface area is 177 Å². The lowest BCUT2D eigenvalue weighted by molar-refractivity contribution is -0.384. The van der Waals surface area contributed by atoms with Crippen LogP contribution in [0.4, 0.5) is 17.1 Å². The molecule has 1 aliphatic heterocycles. The van der Waals surface area contributed by atoms with Gasteiger partial charge in [0.05, 0.1) is 17.2 Å². The SMILES string of the molecule is Cc1ccc(NCC(=O)NNC(=O)CN2C(=O)COc3ccc([N+](=O)[O-])cc32)c(C)c1. The molecule has 31 heavy (non-hydrogen) atoms. The summed E-state index contributed by atoms with van der Waals surface area (Å²) in [5.74, 6) is -1.45. The standard InChI is InChI=1S/C20H21N5O6/c1-12-3-5-15(13(2)7-12)21-9-18(26)22-23-19(27)10-24-16-8-14(25(29)30)4-6-17(16)31-11-20(24)28/h3-8,21H,9-11H2,1-2H3,(H,22,26)(H,23,27). The third-order valence-electron chi connectivity index (χ3n) is 4.56. The summed E-state index contributed by atoms with van der Waals surface area (Å²) in [6, 6.07) is 9.52. The average molecular weight is 427 g/mol. The third-order valence-corrected chi connectivity index (χ3v) is 4.56. The van der Waals surface area contributed by atoms with Crippen molar-refractivity contribution in [3.8, 4) is 5.75 Å². The van der Waals surface area contributed by atoms with Crippen molar-refractivity contribution in [2.75, 3.05) is 29.9 Å². The predicted molar refractivity (Wildman–Crippen MR) is 112 cm³/mol. The second-order valence-electron chi connectivity index (χ2n) is 6.95.